The van der Waals surface area contributed by atoms with Gasteiger partial charge in [0.15, 0.2) is 0 Å². The molecule has 7 heteroatoms. The van der Waals surface area contributed by atoms with Gasteiger partial charge in [0.25, 0.3) is 11.8 Å². The van der Waals surface area contributed by atoms with Gasteiger partial charge in [-0.1, -0.05) is 41.4 Å². The molecule has 1 unspecified atom stereocenters. The molecule has 3 rings (SSSR count). The molecule has 1 heterocycles. The summed E-state index contributed by atoms with van der Waals surface area (Å²) < 4.78 is 0. The lowest BCUT2D eigenvalue weighted by Crippen LogP contribution is -2.48. The second-order valence-electron chi connectivity index (χ2n) is 7.52. The van der Waals surface area contributed by atoms with E-state index in [1.165, 1.54) is 0 Å². The van der Waals surface area contributed by atoms with Gasteiger partial charge in [-0.15, -0.1) is 0 Å². The average Bonchev–Trinajstić information content (AvgIpc) is 2.99. The molecule has 1 aliphatic rings. The third kappa shape index (κ3) is 5.19. The average molecular weight is 428 g/mol. The van der Waals surface area contributed by atoms with Crippen molar-refractivity contribution in [2.24, 2.45) is 0 Å². The lowest BCUT2D eigenvalue weighted by Gasteiger charge is -2.25. The number of nitrogens with one attached hydrogen (secondary N) is 1. The van der Waals surface area contributed by atoms with E-state index in [9.17, 15) is 14.4 Å². The first-order valence-corrected chi connectivity index (χ1v) is 10.4. The summed E-state index contributed by atoms with van der Waals surface area (Å²) in [5, 5.41) is 3.20. The highest BCUT2D eigenvalue weighted by Crippen LogP contribution is 2.18. The highest BCUT2D eigenvalue weighted by atomic mass is 35.5. The van der Waals surface area contributed by atoms with Gasteiger partial charge in [-0.05, 0) is 44.5 Å². The number of amides is 3. The van der Waals surface area contributed by atoms with E-state index < -0.39 is 6.04 Å². The Morgan fingerprint density at radius 1 is 0.967 bits per heavy atom. The largest absolute Gasteiger partial charge is 0.341 e. The summed E-state index contributed by atoms with van der Waals surface area (Å²) >= 11 is 6.16. The van der Waals surface area contributed by atoms with Gasteiger partial charge in [-0.25, -0.2) is 0 Å². The van der Waals surface area contributed by atoms with Gasteiger partial charge in [0.05, 0.1) is 10.6 Å². The van der Waals surface area contributed by atoms with Crippen LogP contribution in [0.1, 0.15) is 39.6 Å². The fraction of sp³-hybridized carbons (Fsp3) is 0.348. The molecule has 0 aromatic heterocycles. The van der Waals surface area contributed by atoms with Crippen LogP contribution in [0.2, 0.25) is 5.02 Å². The summed E-state index contributed by atoms with van der Waals surface area (Å²) in [6, 6.07) is 13.6. The van der Waals surface area contributed by atoms with Crippen LogP contribution in [0.3, 0.4) is 0 Å². The number of carbonyl (C=O) groups is 3. The zero-order chi connectivity index (χ0) is 21.7. The van der Waals surface area contributed by atoms with E-state index in [0.717, 1.165) is 5.56 Å². The molecular weight excluding hydrogens is 402 g/mol. The van der Waals surface area contributed by atoms with Crippen LogP contribution in [0.5, 0.6) is 0 Å². The predicted octanol–water partition coefficient (Wildman–Crippen LogP) is 3.14. The summed E-state index contributed by atoms with van der Waals surface area (Å²) in [6.45, 7) is 5.54. The minimum absolute atomic E-state index is 0.129. The molecule has 30 heavy (non-hydrogen) atoms. The Morgan fingerprint density at radius 3 is 2.40 bits per heavy atom. The van der Waals surface area contributed by atoms with Crippen molar-refractivity contribution in [1.29, 1.82) is 0 Å². The van der Waals surface area contributed by atoms with Gasteiger partial charge in [0.2, 0.25) is 5.91 Å². The van der Waals surface area contributed by atoms with Crippen LogP contribution in [-0.2, 0) is 4.79 Å². The summed E-state index contributed by atoms with van der Waals surface area (Å²) in [5.41, 5.74) is 1.98. The van der Waals surface area contributed by atoms with E-state index in [4.69, 9.17) is 11.6 Å². The van der Waals surface area contributed by atoms with Crippen molar-refractivity contribution in [3.63, 3.8) is 0 Å². The Balaban J connectivity index is 1.59. The molecule has 2 aromatic carbocycles. The number of carbonyl (C=O) groups excluding carboxylic acids is 3. The molecule has 0 spiro atoms. The van der Waals surface area contributed by atoms with Gasteiger partial charge in [-0.2, -0.15) is 0 Å². The van der Waals surface area contributed by atoms with Crippen LogP contribution in [0.25, 0.3) is 0 Å². The van der Waals surface area contributed by atoms with E-state index in [1.807, 2.05) is 19.1 Å². The topological polar surface area (TPSA) is 69.7 Å². The Kier molecular flexibility index (Phi) is 7.11. The maximum Gasteiger partial charge on any atom is 0.255 e. The molecular formula is C23H26ClN3O3. The monoisotopic (exact) mass is 427 g/mol. The van der Waals surface area contributed by atoms with Crippen molar-refractivity contribution in [3.05, 3.63) is 70.2 Å². The van der Waals surface area contributed by atoms with Crippen molar-refractivity contribution in [1.82, 2.24) is 15.1 Å². The minimum atomic E-state index is -0.649. The molecule has 0 radical (unpaired) electrons. The fourth-order valence-corrected chi connectivity index (χ4v) is 3.76. The molecule has 0 bridgehead atoms. The number of rotatable bonds is 4. The van der Waals surface area contributed by atoms with Gasteiger partial charge >= 0.3 is 0 Å². The van der Waals surface area contributed by atoms with Gasteiger partial charge in [-0.3, -0.25) is 14.4 Å². The molecule has 1 atom stereocenters. The number of hydrogen-bond donors (Lipinski definition) is 1. The van der Waals surface area contributed by atoms with E-state index in [1.54, 1.807) is 53.1 Å². The summed E-state index contributed by atoms with van der Waals surface area (Å²) in [7, 11) is 0. The molecule has 1 fully saturated rings. The first-order valence-electron chi connectivity index (χ1n) is 10.1. The third-order valence-corrected chi connectivity index (χ3v) is 5.53. The lowest BCUT2D eigenvalue weighted by atomic mass is 10.1. The highest BCUT2D eigenvalue weighted by molar-refractivity contribution is 6.33. The van der Waals surface area contributed by atoms with Crippen LogP contribution >= 0.6 is 11.6 Å². The molecule has 0 aliphatic carbocycles. The Labute approximate surface area is 181 Å². The Hall–Kier alpha value is -2.86. The Bertz CT molecular complexity index is 947. The Morgan fingerprint density at radius 2 is 1.67 bits per heavy atom. The SMILES string of the molecule is Cc1cccc(C(=O)NC(C)C(=O)N2CCCN(C(=O)c3ccccc3Cl)CC2)c1. The summed E-state index contributed by atoms with van der Waals surface area (Å²) in [5.74, 6) is -0.552. The van der Waals surface area contributed by atoms with E-state index in [-0.39, 0.29) is 17.7 Å². The lowest BCUT2D eigenvalue weighted by molar-refractivity contribution is -0.132. The first-order chi connectivity index (χ1) is 14.4. The van der Waals surface area contributed by atoms with Crippen LogP contribution in [0.15, 0.2) is 48.5 Å². The molecule has 158 valence electrons. The first kappa shape index (κ1) is 21.8. The number of aryl methyl sites for hydroxylation is 1. The van der Waals surface area contributed by atoms with Crippen LogP contribution in [0.4, 0.5) is 0 Å². The van der Waals surface area contributed by atoms with Crippen molar-refractivity contribution >= 4 is 29.3 Å². The number of benzene rings is 2. The maximum atomic E-state index is 12.9. The number of halogens is 1. The summed E-state index contributed by atoms with van der Waals surface area (Å²) in [4.78, 5) is 41.5. The van der Waals surface area contributed by atoms with Crippen molar-refractivity contribution < 1.29 is 14.4 Å². The van der Waals surface area contributed by atoms with Crippen LogP contribution < -0.4 is 5.32 Å². The van der Waals surface area contributed by atoms with Crippen molar-refractivity contribution in [2.45, 2.75) is 26.3 Å². The molecule has 3 amide bonds. The predicted molar refractivity (Wildman–Crippen MR) is 117 cm³/mol. The smallest absolute Gasteiger partial charge is 0.255 e. The van der Waals surface area contributed by atoms with E-state index in [2.05, 4.69) is 5.32 Å². The second-order valence-corrected chi connectivity index (χ2v) is 7.92. The van der Waals surface area contributed by atoms with Gasteiger partial charge < -0.3 is 15.1 Å². The molecule has 0 saturated carbocycles. The number of hydrogen-bond acceptors (Lipinski definition) is 3. The van der Waals surface area contributed by atoms with Crippen molar-refractivity contribution in [2.75, 3.05) is 26.2 Å². The summed E-state index contributed by atoms with van der Waals surface area (Å²) in [6.07, 6.45) is 0.667. The van der Waals surface area contributed by atoms with Crippen LogP contribution in [0, 0.1) is 6.92 Å². The van der Waals surface area contributed by atoms with E-state index >= 15 is 0 Å². The zero-order valence-corrected chi connectivity index (χ0v) is 18.0. The number of nitrogens with zero attached hydrogens (tertiary/aromatic N) is 2. The van der Waals surface area contributed by atoms with Gasteiger partial charge in [0.1, 0.15) is 6.04 Å². The standard InChI is InChI=1S/C23H26ClN3O3/c1-16-7-5-8-18(15-16)21(28)25-17(2)22(29)26-11-6-12-27(14-13-26)23(30)19-9-3-4-10-20(19)24/h3-5,7-10,15,17H,6,11-14H2,1-2H3,(H,25,28). The highest BCUT2D eigenvalue weighted by Gasteiger charge is 2.27. The quantitative estimate of drug-likeness (QED) is 0.814. The van der Waals surface area contributed by atoms with E-state index in [0.29, 0.717) is 48.7 Å². The second kappa shape index (κ2) is 9.76. The van der Waals surface area contributed by atoms with Crippen LogP contribution in [-0.4, -0.2) is 59.7 Å². The molecule has 1 saturated heterocycles. The maximum absolute atomic E-state index is 12.9. The third-order valence-electron chi connectivity index (χ3n) is 5.20. The zero-order valence-electron chi connectivity index (χ0n) is 17.2. The van der Waals surface area contributed by atoms with Crippen molar-refractivity contribution in [3.8, 4) is 0 Å². The molecule has 6 nitrogen and oxygen atoms in total. The van der Waals surface area contributed by atoms with Gasteiger partial charge in [0, 0.05) is 31.7 Å². The molecule has 2 aromatic rings. The fourth-order valence-electron chi connectivity index (χ4n) is 3.55. The molecule has 1 aliphatic heterocycles. The molecule has 1 N–H and O–H groups in total. The minimum Gasteiger partial charge on any atom is -0.341 e. The normalized spacial score (nSPS) is 15.3.